The molecule has 0 atom stereocenters. The van der Waals surface area contributed by atoms with Crippen molar-refractivity contribution < 1.29 is 13.2 Å². The molecule has 2 N–H and O–H groups in total. The molecule has 0 aliphatic carbocycles. The minimum atomic E-state index is -2.45. The number of carbonyl (C=O) groups excluding carboxylic acids is 1. The van der Waals surface area contributed by atoms with Crippen molar-refractivity contribution in [3.63, 3.8) is 0 Å². The van der Waals surface area contributed by atoms with Gasteiger partial charge in [-0.25, -0.2) is 0 Å². The Balaban J connectivity index is 0. The van der Waals surface area contributed by atoms with Gasteiger partial charge in [0.2, 0.25) is 10.3 Å². The lowest BCUT2D eigenvalue weighted by Gasteiger charge is -1.78. The molecule has 0 aliphatic heterocycles. The van der Waals surface area contributed by atoms with Gasteiger partial charge in [-0.05, 0) is 6.92 Å². The molecule has 4 nitrogen and oxygen atoms in total. The summed E-state index contributed by atoms with van der Waals surface area (Å²) in [5, 5.41) is 0. The molecule has 9 heavy (non-hydrogen) atoms. The summed E-state index contributed by atoms with van der Waals surface area (Å²) in [6.45, 7) is 1.14. The zero-order valence-corrected chi connectivity index (χ0v) is 6.25. The predicted molar refractivity (Wildman–Crippen MR) is 36.0 cm³/mol. The topological polar surface area (TPSA) is 77.2 Å². The fourth-order valence-corrected chi connectivity index (χ4v) is 0.246. The van der Waals surface area contributed by atoms with Crippen molar-refractivity contribution in [3.05, 3.63) is 0 Å². The third-order valence-corrected chi connectivity index (χ3v) is 1.30. The van der Waals surface area contributed by atoms with Crippen LogP contribution in [0.1, 0.15) is 6.92 Å². The first-order valence-electron chi connectivity index (χ1n) is 1.78. The van der Waals surface area contributed by atoms with Crippen LogP contribution in [0.4, 0.5) is 0 Å². The summed E-state index contributed by atoms with van der Waals surface area (Å²) in [5.74, 6) is -0.904. The highest BCUT2D eigenvalue weighted by Crippen LogP contribution is 1.64. The summed E-state index contributed by atoms with van der Waals surface area (Å²) in [7, 11) is -2.45. The normalized spacial score (nSPS) is 7.22. The maximum Gasteiger partial charge on any atom is 0.259 e. The maximum atomic E-state index is 9.93. The van der Waals surface area contributed by atoms with Gasteiger partial charge in [-0.15, -0.1) is 12.4 Å². The van der Waals surface area contributed by atoms with Gasteiger partial charge in [0.15, 0.2) is 0 Å². The maximum absolute atomic E-state index is 9.93. The predicted octanol–water partition coefficient (Wildman–Crippen LogP) is -1.04. The minimum Gasteiger partial charge on any atom is -0.365 e. The van der Waals surface area contributed by atoms with Crippen molar-refractivity contribution in [1.29, 1.82) is 0 Å². The van der Waals surface area contributed by atoms with E-state index in [1.807, 2.05) is 0 Å². The van der Waals surface area contributed by atoms with E-state index < -0.39 is 16.2 Å². The molecule has 0 aromatic heterocycles. The Morgan fingerprint density at radius 1 is 1.44 bits per heavy atom. The third kappa shape index (κ3) is 3.99. The quantitative estimate of drug-likeness (QED) is 0.513. The first-order valence-corrected chi connectivity index (χ1v) is 2.86. The fourth-order valence-electron chi connectivity index (χ4n) is 0.0821. The summed E-state index contributed by atoms with van der Waals surface area (Å²) >= 11 is 0. The summed E-state index contributed by atoms with van der Waals surface area (Å²) in [6.07, 6.45) is 0. The average molecular weight is 172 g/mol. The van der Waals surface area contributed by atoms with Gasteiger partial charge < -0.3 is 5.73 Å². The van der Waals surface area contributed by atoms with Crippen LogP contribution in [0.3, 0.4) is 0 Å². The van der Waals surface area contributed by atoms with E-state index in [1.54, 1.807) is 0 Å². The zero-order chi connectivity index (χ0) is 6.73. The van der Waals surface area contributed by atoms with E-state index in [0.29, 0.717) is 0 Å². The van der Waals surface area contributed by atoms with Crippen LogP contribution in [0.15, 0.2) is 0 Å². The van der Waals surface area contributed by atoms with E-state index in [4.69, 9.17) is 0 Å². The molecular formula is C3H6ClNO3S. The van der Waals surface area contributed by atoms with E-state index in [-0.39, 0.29) is 17.3 Å². The lowest BCUT2D eigenvalue weighted by atomic mass is 10.5. The minimum absolute atomic E-state index is 0. The van der Waals surface area contributed by atoms with Crippen LogP contribution >= 0.6 is 12.4 Å². The largest absolute Gasteiger partial charge is 0.365 e. The highest BCUT2D eigenvalue weighted by Gasteiger charge is 1.97. The summed E-state index contributed by atoms with van der Waals surface area (Å²) in [6, 6.07) is 0. The SMILES string of the molecule is CC(C(N)=O)=S(=O)=O.Cl. The van der Waals surface area contributed by atoms with Gasteiger partial charge in [-0.3, -0.25) is 4.79 Å². The Bertz CT molecular complexity index is 221. The molecule has 0 aromatic carbocycles. The number of hydrogen-bond acceptors (Lipinski definition) is 3. The second-order valence-corrected chi connectivity index (χ2v) is 2.24. The van der Waals surface area contributed by atoms with E-state index in [1.165, 1.54) is 0 Å². The Labute approximate surface area is 60.0 Å². The zero-order valence-electron chi connectivity index (χ0n) is 4.62. The second kappa shape index (κ2) is 4.34. The molecule has 0 bridgehead atoms. The number of hydrogen-bond donors (Lipinski definition) is 1. The monoisotopic (exact) mass is 171 g/mol. The fraction of sp³-hybridized carbons (Fsp3) is 0.333. The van der Waals surface area contributed by atoms with Crippen molar-refractivity contribution in [2.45, 2.75) is 6.92 Å². The van der Waals surface area contributed by atoms with Gasteiger partial charge in [0.05, 0.1) is 0 Å². The van der Waals surface area contributed by atoms with Crippen LogP contribution in [-0.4, -0.2) is 19.2 Å². The van der Waals surface area contributed by atoms with E-state index in [9.17, 15) is 13.2 Å². The summed E-state index contributed by atoms with van der Waals surface area (Å²) < 4.78 is 19.6. The van der Waals surface area contributed by atoms with Gasteiger partial charge in [-0.1, -0.05) is 0 Å². The van der Waals surface area contributed by atoms with Gasteiger partial charge in [0.25, 0.3) is 5.91 Å². The van der Waals surface area contributed by atoms with Crippen LogP contribution < -0.4 is 5.73 Å². The van der Waals surface area contributed by atoms with Crippen LogP contribution in [0.2, 0.25) is 0 Å². The van der Waals surface area contributed by atoms with Crippen molar-refractivity contribution in [1.82, 2.24) is 0 Å². The molecule has 0 saturated heterocycles. The Morgan fingerprint density at radius 2 is 1.78 bits per heavy atom. The molecule has 6 heteroatoms. The number of rotatable bonds is 1. The Hall–Kier alpha value is -0.550. The van der Waals surface area contributed by atoms with Crippen molar-refractivity contribution in [2.24, 2.45) is 5.73 Å². The molecule has 54 valence electrons. The molecule has 0 fully saturated rings. The lowest BCUT2D eigenvalue weighted by molar-refractivity contribution is -0.111. The summed E-state index contributed by atoms with van der Waals surface area (Å²) in [4.78, 5) is 9.59. The standard InChI is InChI=1S/C3H5NO3S.ClH/c1-2(3(4)5)8(6)7;/h1H3,(H2,4,5);1H. The van der Waals surface area contributed by atoms with Gasteiger partial charge in [0, 0.05) is 0 Å². The molecule has 1 amide bonds. The van der Waals surface area contributed by atoms with Gasteiger partial charge in [0.1, 0.15) is 4.86 Å². The number of amides is 1. The Kier molecular flexibility index (Phi) is 5.44. The third-order valence-electron chi connectivity index (χ3n) is 0.597. The molecule has 0 heterocycles. The molecule has 0 rings (SSSR count). The van der Waals surface area contributed by atoms with Crippen LogP contribution in [0, 0.1) is 0 Å². The van der Waals surface area contributed by atoms with Gasteiger partial charge >= 0.3 is 0 Å². The van der Waals surface area contributed by atoms with E-state index in [2.05, 4.69) is 5.73 Å². The average Bonchev–Trinajstić information content (AvgIpc) is 1.64. The van der Waals surface area contributed by atoms with Crippen LogP contribution in [-0.2, 0) is 15.1 Å². The molecule has 0 aliphatic rings. The Morgan fingerprint density at radius 3 is 1.78 bits per heavy atom. The van der Waals surface area contributed by atoms with E-state index in [0.717, 1.165) is 6.92 Å². The molecule has 0 aromatic rings. The molecule has 0 unspecified atom stereocenters. The first kappa shape index (κ1) is 11.3. The molecular weight excluding hydrogens is 166 g/mol. The van der Waals surface area contributed by atoms with Crippen molar-refractivity contribution in [2.75, 3.05) is 0 Å². The molecule has 0 radical (unpaired) electrons. The second-order valence-electron chi connectivity index (χ2n) is 1.16. The first-order chi connectivity index (χ1) is 3.55. The molecule has 0 saturated carbocycles. The van der Waals surface area contributed by atoms with Gasteiger partial charge in [-0.2, -0.15) is 8.42 Å². The molecule has 0 spiro atoms. The van der Waals surface area contributed by atoms with Crippen molar-refractivity contribution >= 4 is 33.5 Å². The number of halogens is 1. The smallest absolute Gasteiger partial charge is 0.259 e. The number of carbonyl (C=O) groups is 1. The van der Waals surface area contributed by atoms with Crippen molar-refractivity contribution in [3.8, 4) is 0 Å². The summed E-state index contributed by atoms with van der Waals surface area (Å²) in [5.41, 5.74) is 4.57. The van der Waals surface area contributed by atoms with E-state index >= 15 is 0 Å². The number of nitrogens with two attached hydrogens (primary N) is 1. The highest BCUT2D eigenvalue weighted by molar-refractivity contribution is 7.74. The highest BCUT2D eigenvalue weighted by atomic mass is 35.5. The lowest BCUT2D eigenvalue weighted by Crippen LogP contribution is -2.20. The number of primary amides is 1. The van der Waals surface area contributed by atoms with Crippen LogP contribution in [0.25, 0.3) is 0 Å². The van der Waals surface area contributed by atoms with Crippen LogP contribution in [0.5, 0.6) is 0 Å².